The largest absolute Gasteiger partial charge is 0.324 e. The fraction of sp³-hybridized carbons (Fsp3) is 0.227. The summed E-state index contributed by atoms with van der Waals surface area (Å²) in [6, 6.07) is 17.2. The van der Waals surface area contributed by atoms with Crippen LogP contribution >= 0.6 is 0 Å². The number of hydrogen-bond donors (Lipinski definition) is 1. The minimum Gasteiger partial charge on any atom is -0.324 e. The van der Waals surface area contributed by atoms with Crippen molar-refractivity contribution < 1.29 is 9.59 Å². The van der Waals surface area contributed by atoms with Crippen LogP contribution in [0.1, 0.15) is 47.4 Å². The van der Waals surface area contributed by atoms with Crippen molar-refractivity contribution in [2.75, 3.05) is 11.9 Å². The molecule has 3 aromatic rings. The summed E-state index contributed by atoms with van der Waals surface area (Å²) < 4.78 is 1.75. The number of anilines is 1. The number of amides is 2. The number of para-hydroxylation sites is 1. The fourth-order valence-electron chi connectivity index (χ4n) is 3.53. The zero-order valence-electron chi connectivity index (χ0n) is 15.9. The molecule has 28 heavy (non-hydrogen) atoms. The molecule has 0 unspecified atom stereocenters. The van der Waals surface area contributed by atoms with Crippen molar-refractivity contribution in [2.45, 2.75) is 25.9 Å². The second kappa shape index (κ2) is 7.31. The Kier molecular flexibility index (Phi) is 4.69. The lowest BCUT2D eigenvalue weighted by molar-refractivity contribution is -0.117. The van der Waals surface area contributed by atoms with Gasteiger partial charge in [0.1, 0.15) is 6.54 Å². The molecule has 2 heterocycles. The molecule has 0 aliphatic carbocycles. The number of benzene rings is 2. The number of nitrogens with zero attached hydrogens (tertiary/aromatic N) is 3. The first-order valence-corrected chi connectivity index (χ1v) is 9.33. The molecule has 142 valence electrons. The molecule has 1 aliphatic heterocycles. The SMILES string of the molecule is CC(C)n1cc(C(=O)N2CC(=O)Nc3ccccc3[C@@H]2c2ccccc2)cn1. The van der Waals surface area contributed by atoms with Crippen LogP contribution in [0, 0.1) is 0 Å². The maximum absolute atomic E-state index is 13.4. The van der Waals surface area contributed by atoms with Gasteiger partial charge in [-0.05, 0) is 25.5 Å². The number of aromatic nitrogens is 2. The zero-order chi connectivity index (χ0) is 19.7. The van der Waals surface area contributed by atoms with E-state index in [1.165, 1.54) is 0 Å². The topological polar surface area (TPSA) is 67.2 Å². The minimum atomic E-state index is -0.369. The van der Waals surface area contributed by atoms with Gasteiger partial charge in [-0.2, -0.15) is 5.10 Å². The van der Waals surface area contributed by atoms with Crippen LogP contribution in [0.5, 0.6) is 0 Å². The predicted molar refractivity (Wildman–Crippen MR) is 107 cm³/mol. The molecule has 0 saturated carbocycles. The molecule has 1 atom stereocenters. The zero-order valence-corrected chi connectivity index (χ0v) is 15.9. The lowest BCUT2D eigenvalue weighted by Gasteiger charge is -2.30. The van der Waals surface area contributed by atoms with Gasteiger partial charge in [0.15, 0.2) is 0 Å². The van der Waals surface area contributed by atoms with E-state index in [2.05, 4.69) is 10.4 Å². The molecule has 6 nitrogen and oxygen atoms in total. The van der Waals surface area contributed by atoms with Crippen molar-refractivity contribution in [3.8, 4) is 0 Å². The van der Waals surface area contributed by atoms with Crippen molar-refractivity contribution >= 4 is 17.5 Å². The molecule has 1 aliphatic rings. The molecule has 1 aromatic heterocycles. The van der Waals surface area contributed by atoms with Crippen LogP contribution in [0.2, 0.25) is 0 Å². The van der Waals surface area contributed by atoms with Crippen molar-refractivity contribution in [1.82, 2.24) is 14.7 Å². The molecule has 2 aromatic carbocycles. The smallest absolute Gasteiger partial charge is 0.258 e. The molecule has 0 spiro atoms. The number of fused-ring (bicyclic) bond motifs is 1. The third kappa shape index (κ3) is 3.29. The van der Waals surface area contributed by atoms with Gasteiger partial charge < -0.3 is 10.2 Å². The van der Waals surface area contributed by atoms with Gasteiger partial charge in [0, 0.05) is 23.5 Å². The summed E-state index contributed by atoms with van der Waals surface area (Å²) in [7, 11) is 0. The van der Waals surface area contributed by atoms with Gasteiger partial charge in [-0.3, -0.25) is 14.3 Å². The minimum absolute atomic E-state index is 0.0278. The van der Waals surface area contributed by atoms with E-state index >= 15 is 0 Å². The summed E-state index contributed by atoms with van der Waals surface area (Å²) >= 11 is 0. The standard InChI is InChI=1S/C22H22N4O2/c1-15(2)26-13-17(12-23-26)22(28)25-14-20(27)24-19-11-7-6-10-18(19)21(25)16-8-4-3-5-9-16/h3-13,15,21H,14H2,1-2H3,(H,24,27)/t21-/m0/s1. The summed E-state index contributed by atoms with van der Waals surface area (Å²) in [5, 5.41) is 7.21. The highest BCUT2D eigenvalue weighted by Gasteiger charge is 2.34. The maximum Gasteiger partial charge on any atom is 0.258 e. The Bertz CT molecular complexity index is 1010. The Labute approximate surface area is 163 Å². The number of hydrogen-bond acceptors (Lipinski definition) is 3. The molecular formula is C22H22N4O2. The number of carbonyl (C=O) groups excluding carboxylic acids is 2. The molecule has 0 bridgehead atoms. The predicted octanol–water partition coefficient (Wildman–Crippen LogP) is 3.65. The van der Waals surface area contributed by atoms with E-state index in [4.69, 9.17) is 0 Å². The molecule has 4 rings (SSSR count). The first-order chi connectivity index (χ1) is 13.5. The second-order valence-corrected chi connectivity index (χ2v) is 7.18. The molecule has 0 fully saturated rings. The number of nitrogens with one attached hydrogen (secondary N) is 1. The second-order valence-electron chi connectivity index (χ2n) is 7.18. The first-order valence-electron chi connectivity index (χ1n) is 9.33. The van der Waals surface area contributed by atoms with Gasteiger partial charge in [0.25, 0.3) is 5.91 Å². The van der Waals surface area contributed by atoms with Crippen LogP contribution in [0.3, 0.4) is 0 Å². The fourth-order valence-corrected chi connectivity index (χ4v) is 3.53. The quantitative estimate of drug-likeness (QED) is 0.761. The lowest BCUT2D eigenvalue weighted by Crippen LogP contribution is -2.38. The average Bonchev–Trinajstić information content (AvgIpc) is 3.14. The maximum atomic E-state index is 13.4. The molecule has 6 heteroatoms. The Morgan fingerprint density at radius 1 is 1.11 bits per heavy atom. The van der Waals surface area contributed by atoms with E-state index in [1.54, 1.807) is 22.0 Å². The van der Waals surface area contributed by atoms with Gasteiger partial charge >= 0.3 is 0 Å². The van der Waals surface area contributed by atoms with Crippen LogP contribution < -0.4 is 5.32 Å². The van der Waals surface area contributed by atoms with E-state index in [9.17, 15) is 9.59 Å². The highest BCUT2D eigenvalue weighted by Crippen LogP contribution is 2.36. The van der Waals surface area contributed by atoms with Crippen LogP contribution in [0.4, 0.5) is 5.69 Å². The Morgan fingerprint density at radius 3 is 2.54 bits per heavy atom. The van der Waals surface area contributed by atoms with Gasteiger partial charge in [-0.25, -0.2) is 0 Å². The molecular weight excluding hydrogens is 352 g/mol. The van der Waals surface area contributed by atoms with Gasteiger partial charge in [0.05, 0.1) is 17.8 Å². The van der Waals surface area contributed by atoms with E-state index < -0.39 is 0 Å². The van der Waals surface area contributed by atoms with Crippen molar-refractivity contribution in [3.63, 3.8) is 0 Å². The normalized spacial score (nSPS) is 16.5. The van der Waals surface area contributed by atoms with Crippen molar-refractivity contribution in [3.05, 3.63) is 83.7 Å². The third-order valence-electron chi connectivity index (χ3n) is 4.91. The summed E-state index contributed by atoms with van der Waals surface area (Å²) in [6.45, 7) is 3.98. The summed E-state index contributed by atoms with van der Waals surface area (Å²) in [5.74, 6) is -0.428. The summed E-state index contributed by atoms with van der Waals surface area (Å²) in [5.41, 5.74) is 3.05. The lowest BCUT2D eigenvalue weighted by atomic mass is 9.95. The van der Waals surface area contributed by atoms with Crippen molar-refractivity contribution in [1.29, 1.82) is 0 Å². The van der Waals surface area contributed by atoms with Gasteiger partial charge in [-0.1, -0.05) is 48.5 Å². The molecule has 1 N–H and O–H groups in total. The monoisotopic (exact) mass is 374 g/mol. The summed E-state index contributed by atoms with van der Waals surface area (Å²) in [6.07, 6.45) is 3.31. The Hall–Kier alpha value is -3.41. The van der Waals surface area contributed by atoms with E-state index in [0.29, 0.717) is 5.56 Å². The number of carbonyl (C=O) groups is 2. The van der Waals surface area contributed by atoms with Gasteiger partial charge in [-0.15, -0.1) is 0 Å². The Balaban J connectivity index is 1.82. The average molecular weight is 374 g/mol. The van der Waals surface area contributed by atoms with Crippen LogP contribution in [0.25, 0.3) is 0 Å². The molecule has 2 amide bonds. The van der Waals surface area contributed by atoms with Crippen LogP contribution in [-0.2, 0) is 4.79 Å². The highest BCUT2D eigenvalue weighted by molar-refractivity contribution is 6.01. The van der Waals surface area contributed by atoms with E-state index in [0.717, 1.165) is 16.8 Å². The van der Waals surface area contributed by atoms with E-state index in [-0.39, 0.29) is 30.4 Å². The molecule has 0 saturated heterocycles. The Morgan fingerprint density at radius 2 is 1.82 bits per heavy atom. The van der Waals surface area contributed by atoms with Crippen LogP contribution in [0.15, 0.2) is 67.0 Å². The highest BCUT2D eigenvalue weighted by atomic mass is 16.2. The summed E-state index contributed by atoms with van der Waals surface area (Å²) in [4.78, 5) is 27.6. The molecule has 0 radical (unpaired) electrons. The van der Waals surface area contributed by atoms with Gasteiger partial charge in [0.2, 0.25) is 5.91 Å². The van der Waals surface area contributed by atoms with Crippen LogP contribution in [-0.4, -0.2) is 33.0 Å². The number of rotatable bonds is 3. The van der Waals surface area contributed by atoms with E-state index in [1.807, 2.05) is 68.4 Å². The first kappa shape index (κ1) is 18.0. The van der Waals surface area contributed by atoms with Crippen molar-refractivity contribution in [2.24, 2.45) is 0 Å². The third-order valence-corrected chi connectivity index (χ3v) is 4.91.